The van der Waals surface area contributed by atoms with Crippen molar-refractivity contribution in [3.05, 3.63) is 75.1 Å². The lowest BCUT2D eigenvalue weighted by Gasteiger charge is -2.32. The van der Waals surface area contributed by atoms with Crippen molar-refractivity contribution in [2.24, 2.45) is 0 Å². The summed E-state index contributed by atoms with van der Waals surface area (Å²) >= 11 is 12.6. The van der Waals surface area contributed by atoms with Crippen molar-refractivity contribution < 1.29 is 13.1 Å². The Hall–Kier alpha value is -1.18. The highest BCUT2D eigenvalue weighted by Crippen LogP contribution is 2.42. The summed E-state index contributed by atoms with van der Waals surface area (Å²) in [7, 11) is 0. The topological polar surface area (TPSA) is 7.94 Å². The second-order valence-corrected chi connectivity index (χ2v) is 7.36. The molecule has 2 aromatic rings. The van der Waals surface area contributed by atoms with E-state index in [1.165, 1.54) is 0 Å². The Morgan fingerprint density at radius 1 is 1.09 bits per heavy atom. The minimum absolute atomic E-state index is 0.336. The molecule has 116 valence electrons. The molecular formula is C15H8BBr2ClF2N2. The van der Waals surface area contributed by atoms with Crippen LogP contribution in [0.3, 0.4) is 0 Å². The Kier molecular flexibility index (Phi) is 3.45. The van der Waals surface area contributed by atoms with E-state index in [0.29, 0.717) is 25.6 Å². The normalized spacial score (nSPS) is 18.5. The number of halogens is 5. The van der Waals surface area contributed by atoms with Gasteiger partial charge in [-0.25, -0.2) is 0 Å². The molecule has 23 heavy (non-hydrogen) atoms. The van der Waals surface area contributed by atoms with Gasteiger partial charge in [-0.1, -0.05) is 23.7 Å². The quantitative estimate of drug-likeness (QED) is 0.513. The number of hydrogen-bond donors (Lipinski definition) is 0. The summed E-state index contributed by atoms with van der Waals surface area (Å²) < 4.78 is 32.8. The third-order valence-electron chi connectivity index (χ3n) is 3.98. The van der Waals surface area contributed by atoms with E-state index in [-0.39, 0.29) is 0 Å². The highest BCUT2D eigenvalue weighted by Gasteiger charge is 2.54. The van der Waals surface area contributed by atoms with E-state index in [9.17, 15) is 0 Å². The summed E-state index contributed by atoms with van der Waals surface area (Å²) in [5.41, 5.74) is 2.43. The lowest BCUT2D eigenvalue weighted by atomic mass is 9.86. The van der Waals surface area contributed by atoms with Crippen LogP contribution in [-0.2, 0) is 0 Å². The number of nitrogens with zero attached hydrogens (tertiary/aromatic N) is 2. The van der Waals surface area contributed by atoms with Crippen molar-refractivity contribution in [3.63, 3.8) is 0 Å². The van der Waals surface area contributed by atoms with Gasteiger partial charge in [0.05, 0.1) is 10.2 Å². The zero-order valence-corrected chi connectivity index (χ0v) is 15.4. The summed E-state index contributed by atoms with van der Waals surface area (Å²) in [6.45, 7) is -3.99. The molecule has 0 saturated heterocycles. The Morgan fingerprint density at radius 2 is 1.87 bits per heavy atom. The average molecular weight is 460 g/mol. The van der Waals surface area contributed by atoms with Crippen LogP contribution in [0.15, 0.2) is 58.9 Å². The number of aromatic nitrogens is 1. The highest BCUT2D eigenvalue weighted by molar-refractivity contribution is 9.18. The fourth-order valence-electron chi connectivity index (χ4n) is 3.07. The van der Waals surface area contributed by atoms with Gasteiger partial charge in [0.15, 0.2) is 5.70 Å². The molecular weight excluding hydrogens is 452 g/mol. The number of benzene rings is 1. The molecule has 0 fully saturated rings. The maximum atomic E-state index is 15.0. The van der Waals surface area contributed by atoms with Gasteiger partial charge < -0.3 is 17.6 Å². The van der Waals surface area contributed by atoms with Crippen molar-refractivity contribution in [2.75, 3.05) is 0 Å². The van der Waals surface area contributed by atoms with Gasteiger partial charge in [0.25, 0.3) is 0 Å². The molecule has 0 saturated carbocycles. The maximum Gasteiger partial charge on any atom is 0.738 e. The molecule has 2 aliphatic rings. The molecule has 1 aromatic carbocycles. The van der Waals surface area contributed by atoms with Crippen LogP contribution in [0.4, 0.5) is 8.63 Å². The van der Waals surface area contributed by atoms with Crippen LogP contribution >= 0.6 is 43.5 Å². The predicted molar refractivity (Wildman–Crippen MR) is 96.3 cm³/mol. The first-order valence-electron chi connectivity index (χ1n) is 6.81. The molecule has 2 aliphatic heterocycles. The Labute approximate surface area is 153 Å². The first-order valence-corrected chi connectivity index (χ1v) is 8.77. The molecule has 0 atom stereocenters. The molecule has 0 spiro atoms. The molecule has 0 unspecified atom stereocenters. The van der Waals surface area contributed by atoms with Gasteiger partial charge in [0.2, 0.25) is 4.62 Å². The van der Waals surface area contributed by atoms with Gasteiger partial charge >= 0.3 is 6.97 Å². The smallest absolute Gasteiger partial charge is 0.389 e. The van der Waals surface area contributed by atoms with E-state index in [1.54, 1.807) is 36.4 Å². The standard InChI is InChI=1S/C15H8BBr2ClF2N2/c17-13-6-4-11-15(9-2-1-3-10(19)8-9)12-5-7-14(18)23(12)16(20,21)22(11)13/h1-8H. The third-order valence-corrected chi connectivity index (χ3v) is 5.51. The molecule has 1 aromatic heterocycles. The van der Waals surface area contributed by atoms with Crippen LogP contribution in [-0.4, -0.2) is 20.6 Å². The van der Waals surface area contributed by atoms with Gasteiger partial charge in [-0.05, 0) is 45.8 Å². The fourth-order valence-corrected chi connectivity index (χ4v) is 4.40. The summed E-state index contributed by atoms with van der Waals surface area (Å²) in [4.78, 5) is 0. The van der Waals surface area contributed by atoms with Gasteiger partial charge in [-0.15, -0.1) is 0 Å². The highest BCUT2D eigenvalue weighted by atomic mass is 79.9. The van der Waals surface area contributed by atoms with Crippen molar-refractivity contribution in [1.82, 2.24) is 4.48 Å². The number of allylic oxidation sites excluding steroid dienone is 2. The molecule has 0 aliphatic carbocycles. The number of fused-ring (bicyclic) bond motifs is 2. The molecule has 0 N–H and O–H groups in total. The average Bonchev–Trinajstić information content (AvgIpc) is 3.05. The van der Waals surface area contributed by atoms with E-state index in [1.807, 2.05) is 12.1 Å². The molecule has 0 amide bonds. The number of hydrogen-bond acceptors (Lipinski definition) is 0. The second kappa shape index (κ2) is 5.16. The van der Waals surface area contributed by atoms with Crippen LogP contribution in [0.1, 0.15) is 11.3 Å². The monoisotopic (exact) mass is 458 g/mol. The summed E-state index contributed by atoms with van der Waals surface area (Å²) in [6, 6.07) is 10.6. The Bertz CT molecular complexity index is 947. The van der Waals surface area contributed by atoms with E-state index in [0.717, 1.165) is 20.1 Å². The van der Waals surface area contributed by atoms with Crippen molar-refractivity contribution in [3.8, 4) is 0 Å². The first-order chi connectivity index (χ1) is 10.9. The first kappa shape index (κ1) is 15.4. The van der Waals surface area contributed by atoms with Crippen LogP contribution < -0.4 is 0 Å². The minimum atomic E-state index is -3.99. The van der Waals surface area contributed by atoms with Crippen LogP contribution in [0, 0.1) is 0 Å². The molecule has 0 radical (unpaired) electrons. The zero-order valence-electron chi connectivity index (χ0n) is 11.5. The van der Waals surface area contributed by atoms with Crippen molar-refractivity contribution in [1.29, 1.82) is 0 Å². The van der Waals surface area contributed by atoms with Crippen molar-refractivity contribution in [2.45, 2.75) is 0 Å². The van der Waals surface area contributed by atoms with Gasteiger partial charge in [0, 0.05) is 38.8 Å². The zero-order chi connectivity index (χ0) is 16.4. The molecule has 4 rings (SSSR count). The molecule has 2 nitrogen and oxygen atoms in total. The molecule has 0 bridgehead atoms. The Morgan fingerprint density at radius 3 is 2.61 bits per heavy atom. The number of rotatable bonds is 1. The summed E-state index contributed by atoms with van der Waals surface area (Å²) in [5.74, 6) is 0. The summed E-state index contributed by atoms with van der Waals surface area (Å²) in [6.07, 6.45) is 3.33. The maximum absolute atomic E-state index is 15.0. The van der Waals surface area contributed by atoms with Crippen LogP contribution in [0.2, 0.25) is 5.02 Å². The van der Waals surface area contributed by atoms with Crippen LogP contribution in [0.25, 0.3) is 5.57 Å². The second-order valence-electron chi connectivity index (χ2n) is 5.30. The van der Waals surface area contributed by atoms with Crippen molar-refractivity contribution >= 4 is 60.6 Å². The lowest BCUT2D eigenvalue weighted by Crippen LogP contribution is -2.50. The minimum Gasteiger partial charge on any atom is -0.389 e. The van der Waals surface area contributed by atoms with Gasteiger partial charge in [-0.3, -0.25) is 0 Å². The van der Waals surface area contributed by atoms with Gasteiger partial charge in [0.1, 0.15) is 0 Å². The van der Waals surface area contributed by atoms with E-state index >= 15 is 8.63 Å². The van der Waals surface area contributed by atoms with Gasteiger partial charge in [-0.2, -0.15) is 0 Å². The predicted octanol–water partition coefficient (Wildman–Crippen LogP) is 5.28. The summed E-state index contributed by atoms with van der Waals surface area (Å²) in [5, 5.41) is 0.562. The SMILES string of the molecule is F[B-]1(F)n2c(Br)ccc2C(c2cccc(Cl)c2)=C2C=CC(Br)=[N+]21. The Balaban J connectivity index is 2.12. The largest absolute Gasteiger partial charge is 0.738 e. The molecule has 8 heteroatoms. The third kappa shape index (κ3) is 2.13. The van der Waals surface area contributed by atoms with E-state index in [2.05, 4.69) is 31.9 Å². The molecule has 3 heterocycles. The fraction of sp³-hybridized carbons (Fsp3) is 0. The van der Waals surface area contributed by atoms with Crippen LogP contribution in [0.5, 0.6) is 0 Å². The van der Waals surface area contributed by atoms with E-state index in [4.69, 9.17) is 11.6 Å². The lowest BCUT2D eigenvalue weighted by molar-refractivity contribution is -0.358. The van der Waals surface area contributed by atoms with E-state index < -0.39 is 6.97 Å².